The molecule has 1 fully saturated rings. The van der Waals surface area contributed by atoms with Gasteiger partial charge in [-0.3, -0.25) is 9.78 Å². The first-order chi connectivity index (χ1) is 17.7. The lowest BCUT2D eigenvalue weighted by Gasteiger charge is -2.36. The fraction of sp³-hybridized carbons (Fsp3) is 0.241. The predicted octanol–water partition coefficient (Wildman–Crippen LogP) is 4.86. The monoisotopic (exact) mass is 479 g/mol. The summed E-state index contributed by atoms with van der Waals surface area (Å²) in [6.45, 7) is 1.11. The number of carbonyl (C=O) groups is 1. The molecule has 0 aliphatic carbocycles. The summed E-state index contributed by atoms with van der Waals surface area (Å²) < 4.78 is 5.63. The van der Waals surface area contributed by atoms with E-state index in [2.05, 4.69) is 37.7 Å². The molecule has 5 rings (SSSR count). The van der Waals surface area contributed by atoms with Gasteiger partial charge in [-0.1, -0.05) is 36.4 Å². The molecule has 1 saturated heterocycles. The predicted molar refractivity (Wildman–Crippen MR) is 141 cm³/mol. The highest BCUT2D eigenvalue weighted by molar-refractivity contribution is 5.99. The van der Waals surface area contributed by atoms with Gasteiger partial charge in [-0.15, -0.1) is 0 Å². The quantitative estimate of drug-likeness (QED) is 0.394. The first kappa shape index (κ1) is 23.6. The molecule has 2 N–H and O–H groups in total. The first-order valence-corrected chi connectivity index (χ1v) is 12.1. The number of hydrogen-bond donors (Lipinski definition) is 2. The van der Waals surface area contributed by atoms with E-state index in [0.717, 1.165) is 28.8 Å². The number of rotatable bonds is 7. The van der Waals surface area contributed by atoms with Gasteiger partial charge in [0.05, 0.1) is 5.41 Å². The van der Waals surface area contributed by atoms with Crippen LogP contribution in [0.4, 0.5) is 11.6 Å². The van der Waals surface area contributed by atoms with Crippen molar-refractivity contribution >= 4 is 17.5 Å². The minimum atomic E-state index is -0.640. The summed E-state index contributed by atoms with van der Waals surface area (Å²) in [6.07, 6.45) is 9.30. The summed E-state index contributed by atoms with van der Waals surface area (Å²) in [7, 11) is 1.79. The maximum atomic E-state index is 13.7. The average molecular weight is 480 g/mol. The molecule has 0 unspecified atom stereocenters. The Labute approximate surface area is 211 Å². The van der Waals surface area contributed by atoms with Crippen LogP contribution < -0.4 is 10.6 Å². The number of anilines is 2. The topological polar surface area (TPSA) is 89.0 Å². The summed E-state index contributed by atoms with van der Waals surface area (Å²) in [5.74, 6) is 0.584. The van der Waals surface area contributed by atoms with Crippen molar-refractivity contribution in [2.45, 2.75) is 24.7 Å². The Morgan fingerprint density at radius 1 is 0.861 bits per heavy atom. The molecular weight excluding hydrogens is 450 g/mol. The van der Waals surface area contributed by atoms with Crippen LogP contribution in [0.25, 0.3) is 11.1 Å². The molecule has 0 bridgehead atoms. The number of carbonyl (C=O) groups excluding carboxylic acids is 1. The molecule has 0 atom stereocenters. The Bertz CT molecular complexity index is 1280. The summed E-state index contributed by atoms with van der Waals surface area (Å²) in [4.78, 5) is 26.4. The molecule has 2 aromatic heterocycles. The molecule has 0 saturated carbocycles. The summed E-state index contributed by atoms with van der Waals surface area (Å²) in [5.41, 5.74) is 5.47. The van der Waals surface area contributed by atoms with Crippen LogP contribution in [0.5, 0.6) is 0 Å². The van der Waals surface area contributed by atoms with Crippen molar-refractivity contribution in [3.63, 3.8) is 0 Å². The lowest BCUT2D eigenvalue weighted by Crippen LogP contribution is -2.44. The molecule has 182 valence electrons. The zero-order valence-corrected chi connectivity index (χ0v) is 20.3. The average Bonchev–Trinajstić information content (AvgIpc) is 2.95. The molecule has 1 amide bonds. The second-order valence-corrected chi connectivity index (χ2v) is 9.00. The molecule has 0 radical (unpaired) electrons. The molecule has 0 spiro atoms. The van der Waals surface area contributed by atoms with Gasteiger partial charge in [-0.25, -0.2) is 9.97 Å². The van der Waals surface area contributed by atoms with Crippen LogP contribution in [0, 0.1) is 0 Å². The number of ether oxygens (including phenoxy) is 1. The van der Waals surface area contributed by atoms with Crippen LogP contribution in [0.3, 0.4) is 0 Å². The zero-order valence-electron chi connectivity index (χ0n) is 20.3. The number of amides is 1. The molecule has 1 aliphatic heterocycles. The second kappa shape index (κ2) is 10.7. The van der Waals surface area contributed by atoms with E-state index in [1.807, 2.05) is 48.5 Å². The van der Waals surface area contributed by atoms with Crippen molar-refractivity contribution in [2.75, 3.05) is 30.9 Å². The number of benzene rings is 2. The van der Waals surface area contributed by atoms with Gasteiger partial charge in [0.25, 0.3) is 0 Å². The molecular formula is C29H29N5O2. The lowest BCUT2D eigenvalue weighted by atomic mass is 9.73. The summed E-state index contributed by atoms with van der Waals surface area (Å²) in [5, 5.41) is 6.10. The largest absolute Gasteiger partial charge is 0.381 e. The molecule has 7 heteroatoms. The van der Waals surface area contributed by atoms with Crippen LogP contribution in [0.1, 0.15) is 29.5 Å². The Kier molecular flexibility index (Phi) is 7.00. The highest BCUT2D eigenvalue weighted by Crippen LogP contribution is 2.37. The third-order valence-electron chi connectivity index (χ3n) is 6.80. The van der Waals surface area contributed by atoms with E-state index < -0.39 is 5.41 Å². The van der Waals surface area contributed by atoms with Gasteiger partial charge < -0.3 is 15.4 Å². The Balaban J connectivity index is 1.33. The van der Waals surface area contributed by atoms with Crippen molar-refractivity contribution < 1.29 is 9.53 Å². The molecule has 36 heavy (non-hydrogen) atoms. The van der Waals surface area contributed by atoms with Crippen molar-refractivity contribution in [3.8, 4) is 11.1 Å². The van der Waals surface area contributed by atoms with E-state index >= 15 is 0 Å². The van der Waals surface area contributed by atoms with Crippen LogP contribution in [-0.4, -0.2) is 41.1 Å². The van der Waals surface area contributed by atoms with Gasteiger partial charge in [-0.05, 0) is 65.8 Å². The van der Waals surface area contributed by atoms with Gasteiger partial charge in [0.1, 0.15) is 0 Å². The van der Waals surface area contributed by atoms with Crippen LogP contribution in [-0.2, 0) is 21.4 Å². The van der Waals surface area contributed by atoms with E-state index in [1.165, 1.54) is 11.1 Å². The van der Waals surface area contributed by atoms with Crippen molar-refractivity contribution in [1.29, 1.82) is 0 Å². The molecule has 3 heterocycles. The van der Waals surface area contributed by atoms with Gasteiger partial charge >= 0.3 is 0 Å². The smallest absolute Gasteiger partial charge is 0.235 e. The lowest BCUT2D eigenvalue weighted by molar-refractivity contribution is -0.125. The Hall–Kier alpha value is -4.10. The third kappa shape index (κ3) is 5.11. The minimum Gasteiger partial charge on any atom is -0.381 e. The normalized spacial score (nSPS) is 14.7. The fourth-order valence-corrected chi connectivity index (χ4v) is 4.65. The number of pyridine rings is 1. The minimum absolute atomic E-state index is 0.00198. The number of nitrogens with zero attached hydrogens (tertiary/aromatic N) is 3. The maximum Gasteiger partial charge on any atom is 0.235 e. The van der Waals surface area contributed by atoms with E-state index in [-0.39, 0.29) is 5.91 Å². The summed E-state index contributed by atoms with van der Waals surface area (Å²) >= 11 is 0. The van der Waals surface area contributed by atoms with Crippen LogP contribution in [0.2, 0.25) is 0 Å². The second-order valence-electron chi connectivity index (χ2n) is 9.00. The Morgan fingerprint density at radius 2 is 1.50 bits per heavy atom. The first-order valence-electron chi connectivity index (χ1n) is 12.1. The SMILES string of the molecule is CNc1ncc(-c2ccc(C3(C(=O)Nc4ccc(Cc5ccncc5)cc4)CCOCC3)cc2)cn1. The third-order valence-corrected chi connectivity index (χ3v) is 6.80. The van der Waals surface area contributed by atoms with Gasteiger partial charge in [-0.2, -0.15) is 0 Å². The van der Waals surface area contributed by atoms with E-state index in [9.17, 15) is 4.79 Å². The van der Waals surface area contributed by atoms with E-state index in [4.69, 9.17) is 4.74 Å². The van der Waals surface area contributed by atoms with E-state index in [0.29, 0.717) is 32.0 Å². The number of aromatic nitrogens is 3. The fourth-order valence-electron chi connectivity index (χ4n) is 4.65. The van der Waals surface area contributed by atoms with Crippen molar-refractivity contribution in [2.24, 2.45) is 0 Å². The standard InChI is InChI=1S/C29H29N5O2/c1-30-28-32-19-24(20-33-28)23-4-6-25(7-5-23)29(12-16-36-17-13-29)27(35)34-26-8-2-21(3-9-26)18-22-10-14-31-15-11-22/h2-11,14-15,19-20H,12-13,16-18H2,1H3,(H,34,35)(H,30,32,33). The molecule has 7 nitrogen and oxygen atoms in total. The highest BCUT2D eigenvalue weighted by atomic mass is 16.5. The Morgan fingerprint density at radius 3 is 2.14 bits per heavy atom. The van der Waals surface area contributed by atoms with E-state index in [1.54, 1.807) is 31.8 Å². The molecule has 4 aromatic rings. The molecule has 1 aliphatic rings. The highest BCUT2D eigenvalue weighted by Gasteiger charge is 2.41. The van der Waals surface area contributed by atoms with Crippen LogP contribution in [0.15, 0.2) is 85.5 Å². The van der Waals surface area contributed by atoms with Crippen LogP contribution >= 0.6 is 0 Å². The maximum absolute atomic E-state index is 13.7. The van der Waals surface area contributed by atoms with Gasteiger partial charge in [0.2, 0.25) is 11.9 Å². The number of hydrogen-bond acceptors (Lipinski definition) is 6. The van der Waals surface area contributed by atoms with Crippen molar-refractivity contribution in [1.82, 2.24) is 15.0 Å². The zero-order chi connectivity index (χ0) is 24.8. The van der Waals surface area contributed by atoms with Gasteiger partial charge in [0.15, 0.2) is 0 Å². The van der Waals surface area contributed by atoms with Gasteiger partial charge in [0, 0.05) is 56.3 Å². The van der Waals surface area contributed by atoms with Crippen molar-refractivity contribution in [3.05, 3.63) is 102 Å². The summed E-state index contributed by atoms with van der Waals surface area (Å²) in [6, 6.07) is 20.2. The number of nitrogens with one attached hydrogen (secondary N) is 2. The molecule has 2 aromatic carbocycles.